The van der Waals surface area contributed by atoms with Crippen LogP contribution in [-0.2, 0) is 0 Å². The van der Waals surface area contributed by atoms with Crippen LogP contribution in [0.15, 0.2) is 42.7 Å². The van der Waals surface area contributed by atoms with Crippen LogP contribution in [0.2, 0.25) is 0 Å². The monoisotopic (exact) mass is 286 g/mol. The lowest BCUT2D eigenvalue weighted by Gasteiger charge is -2.07. The molecule has 1 N–H and O–H groups in total. The summed E-state index contributed by atoms with van der Waals surface area (Å²) < 4.78 is 26.7. The van der Waals surface area contributed by atoms with Crippen LogP contribution in [0.3, 0.4) is 0 Å². The molecular weight excluding hydrogens is 278 g/mol. The molecule has 0 saturated carbocycles. The number of halogens is 2. The van der Waals surface area contributed by atoms with Crippen molar-refractivity contribution in [1.29, 1.82) is 0 Å². The molecule has 0 atom stereocenters. The largest absolute Gasteiger partial charge is 0.478 e. The molecule has 2 aromatic heterocycles. The van der Waals surface area contributed by atoms with E-state index in [0.29, 0.717) is 11.3 Å². The van der Waals surface area contributed by atoms with E-state index in [2.05, 4.69) is 9.97 Å². The van der Waals surface area contributed by atoms with Crippen molar-refractivity contribution in [2.24, 2.45) is 0 Å². The van der Waals surface area contributed by atoms with Gasteiger partial charge in [0.1, 0.15) is 0 Å². The van der Waals surface area contributed by atoms with Crippen LogP contribution in [0.1, 0.15) is 10.4 Å². The number of rotatable bonds is 2. The number of aromatic nitrogens is 2. The summed E-state index contributed by atoms with van der Waals surface area (Å²) in [7, 11) is 0. The van der Waals surface area contributed by atoms with Gasteiger partial charge in [-0.15, -0.1) is 0 Å². The van der Waals surface area contributed by atoms with Crippen LogP contribution in [0.5, 0.6) is 0 Å². The normalized spacial score (nSPS) is 10.8. The molecule has 21 heavy (non-hydrogen) atoms. The van der Waals surface area contributed by atoms with Crippen LogP contribution >= 0.6 is 0 Å². The Morgan fingerprint density at radius 2 is 1.90 bits per heavy atom. The summed E-state index contributed by atoms with van der Waals surface area (Å²) in [5.41, 5.74) is 0.857. The first-order valence-electron chi connectivity index (χ1n) is 6.00. The Bertz CT molecular complexity index is 851. The minimum absolute atomic E-state index is 0.0500. The van der Waals surface area contributed by atoms with Gasteiger partial charge in [0.25, 0.3) is 0 Å². The van der Waals surface area contributed by atoms with E-state index in [-0.39, 0.29) is 16.5 Å². The van der Waals surface area contributed by atoms with Crippen LogP contribution in [0.25, 0.3) is 22.2 Å². The lowest BCUT2D eigenvalue weighted by Crippen LogP contribution is -2.01. The molecule has 6 heteroatoms. The second-order valence-corrected chi connectivity index (χ2v) is 4.39. The van der Waals surface area contributed by atoms with Crippen molar-refractivity contribution in [3.8, 4) is 11.3 Å². The van der Waals surface area contributed by atoms with Gasteiger partial charge in [-0.1, -0.05) is 0 Å². The van der Waals surface area contributed by atoms with Crippen LogP contribution < -0.4 is 0 Å². The highest BCUT2D eigenvalue weighted by molar-refractivity contribution is 6.03. The molecule has 1 aromatic carbocycles. The zero-order chi connectivity index (χ0) is 15.0. The van der Waals surface area contributed by atoms with Gasteiger partial charge in [0, 0.05) is 29.4 Å². The molecule has 0 aliphatic heterocycles. The van der Waals surface area contributed by atoms with Gasteiger partial charge >= 0.3 is 5.97 Å². The van der Waals surface area contributed by atoms with Gasteiger partial charge in [0.15, 0.2) is 11.6 Å². The van der Waals surface area contributed by atoms with Crippen molar-refractivity contribution in [3.05, 3.63) is 59.9 Å². The van der Waals surface area contributed by atoms with Crippen LogP contribution in [0.4, 0.5) is 8.78 Å². The van der Waals surface area contributed by atoms with Gasteiger partial charge in [0.2, 0.25) is 0 Å². The summed E-state index contributed by atoms with van der Waals surface area (Å²) in [4.78, 5) is 19.4. The molecule has 3 aromatic rings. The summed E-state index contributed by atoms with van der Waals surface area (Å²) in [5, 5.41) is 9.30. The molecule has 0 spiro atoms. The summed E-state index contributed by atoms with van der Waals surface area (Å²) >= 11 is 0. The van der Waals surface area contributed by atoms with Crippen LogP contribution in [0, 0.1) is 11.6 Å². The molecule has 0 bridgehead atoms. The van der Waals surface area contributed by atoms with Crippen molar-refractivity contribution >= 4 is 16.9 Å². The number of carbonyl (C=O) groups is 1. The average Bonchev–Trinajstić information content (AvgIpc) is 2.48. The van der Waals surface area contributed by atoms with Gasteiger partial charge in [-0.05, 0) is 24.3 Å². The minimum Gasteiger partial charge on any atom is -0.478 e. The van der Waals surface area contributed by atoms with E-state index >= 15 is 0 Å². The number of aromatic carboxylic acids is 1. The maximum absolute atomic E-state index is 13.3. The van der Waals surface area contributed by atoms with Gasteiger partial charge in [0.05, 0.1) is 16.8 Å². The van der Waals surface area contributed by atoms with Crippen LogP contribution in [-0.4, -0.2) is 21.0 Å². The average molecular weight is 286 g/mol. The van der Waals surface area contributed by atoms with Gasteiger partial charge in [-0.2, -0.15) is 0 Å². The van der Waals surface area contributed by atoms with Crippen molar-refractivity contribution < 1.29 is 18.7 Å². The quantitative estimate of drug-likeness (QED) is 0.785. The smallest absolute Gasteiger partial charge is 0.336 e. The Morgan fingerprint density at radius 1 is 1.14 bits per heavy atom. The Balaban J connectivity index is 2.35. The summed E-state index contributed by atoms with van der Waals surface area (Å²) in [6.45, 7) is 0. The molecule has 0 saturated heterocycles. The third kappa shape index (κ3) is 2.31. The maximum Gasteiger partial charge on any atom is 0.336 e. The number of hydrogen-bond acceptors (Lipinski definition) is 3. The topological polar surface area (TPSA) is 63.1 Å². The Kier molecular flexibility index (Phi) is 3.06. The summed E-state index contributed by atoms with van der Waals surface area (Å²) in [6.07, 6.45) is 3.08. The predicted molar refractivity (Wildman–Crippen MR) is 71.8 cm³/mol. The standard InChI is InChI=1S/C15H8F2N2O2/c16-11-4-9-10(15(20)21)5-13(8-2-1-3-18-7-8)19-14(9)6-12(11)17/h1-7H,(H,20,21). The van der Waals surface area contributed by atoms with E-state index in [1.165, 1.54) is 12.3 Å². The Labute approximate surface area is 117 Å². The number of carboxylic acids is 1. The lowest BCUT2D eigenvalue weighted by molar-refractivity contribution is 0.0699. The predicted octanol–water partition coefficient (Wildman–Crippen LogP) is 3.27. The molecule has 4 nitrogen and oxygen atoms in total. The number of fused-ring (bicyclic) bond motifs is 1. The number of pyridine rings is 2. The van der Waals surface area contributed by atoms with Crippen molar-refractivity contribution in [2.45, 2.75) is 0 Å². The fraction of sp³-hybridized carbons (Fsp3) is 0. The zero-order valence-electron chi connectivity index (χ0n) is 10.5. The zero-order valence-corrected chi connectivity index (χ0v) is 10.5. The lowest BCUT2D eigenvalue weighted by atomic mass is 10.0. The van der Waals surface area contributed by atoms with Crippen molar-refractivity contribution in [1.82, 2.24) is 9.97 Å². The fourth-order valence-corrected chi connectivity index (χ4v) is 2.06. The molecule has 0 radical (unpaired) electrons. The molecule has 0 fully saturated rings. The number of hydrogen-bond donors (Lipinski definition) is 1. The second kappa shape index (κ2) is 4.90. The molecular formula is C15H8F2N2O2. The van der Waals surface area contributed by atoms with E-state index in [4.69, 9.17) is 0 Å². The molecule has 0 amide bonds. The number of nitrogens with zero attached hydrogens (tertiary/aromatic N) is 2. The Morgan fingerprint density at radius 3 is 2.57 bits per heavy atom. The van der Waals surface area contributed by atoms with E-state index in [0.717, 1.165) is 12.1 Å². The Hall–Kier alpha value is -2.89. The third-order valence-corrected chi connectivity index (χ3v) is 3.04. The van der Waals surface area contributed by atoms with E-state index in [9.17, 15) is 18.7 Å². The van der Waals surface area contributed by atoms with Gasteiger partial charge in [-0.25, -0.2) is 18.6 Å². The van der Waals surface area contributed by atoms with Crippen molar-refractivity contribution in [3.63, 3.8) is 0 Å². The highest BCUT2D eigenvalue weighted by atomic mass is 19.2. The van der Waals surface area contributed by atoms with Gasteiger partial charge < -0.3 is 5.11 Å². The highest BCUT2D eigenvalue weighted by Crippen LogP contribution is 2.26. The van der Waals surface area contributed by atoms with E-state index in [1.807, 2.05) is 0 Å². The highest BCUT2D eigenvalue weighted by Gasteiger charge is 2.15. The maximum atomic E-state index is 13.3. The first kappa shape index (κ1) is 13.1. The molecule has 0 unspecified atom stereocenters. The fourth-order valence-electron chi connectivity index (χ4n) is 2.06. The minimum atomic E-state index is -1.24. The van der Waals surface area contributed by atoms with Crippen molar-refractivity contribution in [2.75, 3.05) is 0 Å². The van der Waals surface area contributed by atoms with Gasteiger partial charge in [-0.3, -0.25) is 4.98 Å². The number of carboxylic acid groups (broad SMARTS) is 1. The molecule has 0 aliphatic rings. The third-order valence-electron chi connectivity index (χ3n) is 3.04. The molecule has 2 heterocycles. The second-order valence-electron chi connectivity index (χ2n) is 4.39. The summed E-state index contributed by atoms with van der Waals surface area (Å²) in [6, 6.07) is 6.42. The SMILES string of the molecule is O=C(O)c1cc(-c2cccnc2)nc2cc(F)c(F)cc12. The molecule has 0 aliphatic carbocycles. The van der Waals surface area contributed by atoms with E-state index in [1.54, 1.807) is 18.3 Å². The molecule has 104 valence electrons. The van der Waals surface area contributed by atoms with E-state index < -0.39 is 17.6 Å². The first-order valence-corrected chi connectivity index (χ1v) is 6.00. The summed E-state index contributed by atoms with van der Waals surface area (Å²) in [5.74, 6) is -3.42. The first-order chi connectivity index (χ1) is 10.1. The molecule has 3 rings (SSSR count). The number of benzene rings is 1.